The van der Waals surface area contributed by atoms with Crippen LogP contribution in [-0.2, 0) is 29.5 Å². The van der Waals surface area contributed by atoms with Crippen molar-refractivity contribution in [2.24, 2.45) is 7.05 Å². The van der Waals surface area contributed by atoms with Crippen molar-refractivity contribution in [3.05, 3.63) is 35.0 Å². The molecule has 0 saturated carbocycles. The molecule has 3 rings (SSSR count). The summed E-state index contributed by atoms with van der Waals surface area (Å²) in [5.41, 5.74) is 2.54. The number of hydrogen-bond acceptors (Lipinski definition) is 7. The van der Waals surface area contributed by atoms with E-state index in [1.807, 2.05) is 17.0 Å². The molecule has 1 aliphatic rings. The van der Waals surface area contributed by atoms with E-state index in [1.165, 1.54) is 16.4 Å². The van der Waals surface area contributed by atoms with Gasteiger partial charge in [-0.05, 0) is 36.6 Å². The van der Waals surface area contributed by atoms with Crippen molar-refractivity contribution in [2.75, 3.05) is 39.2 Å². The van der Waals surface area contributed by atoms with E-state index in [1.54, 1.807) is 28.2 Å². The van der Waals surface area contributed by atoms with Crippen LogP contribution in [-0.4, -0.2) is 60.5 Å². The Morgan fingerprint density at radius 2 is 1.86 bits per heavy atom. The lowest BCUT2D eigenvalue weighted by molar-refractivity contribution is -0.117. The van der Waals surface area contributed by atoms with Gasteiger partial charge in [-0.1, -0.05) is 0 Å². The Kier molecular flexibility index (Phi) is 6.38. The Balaban J connectivity index is 1.67. The van der Waals surface area contributed by atoms with Crippen molar-refractivity contribution in [1.82, 2.24) is 14.7 Å². The van der Waals surface area contributed by atoms with Crippen LogP contribution in [0.2, 0.25) is 0 Å². The molecule has 2 aromatic rings. The quantitative estimate of drug-likeness (QED) is 0.703. The highest BCUT2D eigenvalue weighted by Gasteiger charge is 2.23. The summed E-state index contributed by atoms with van der Waals surface area (Å²) < 4.78 is 17.2. The number of rotatable bonds is 7. The van der Waals surface area contributed by atoms with Gasteiger partial charge in [0.05, 0.1) is 33.6 Å². The molecule has 1 aromatic heterocycles. The third kappa shape index (κ3) is 4.51. The number of methoxy groups -OCH3 is 2. The fraction of sp³-hybridized carbons (Fsp3) is 0.450. The first kappa shape index (κ1) is 20.7. The second-order valence-electron chi connectivity index (χ2n) is 6.74. The Bertz CT molecular complexity index is 909. The third-order valence-electron chi connectivity index (χ3n) is 4.86. The summed E-state index contributed by atoms with van der Waals surface area (Å²) >= 11 is 0. The van der Waals surface area contributed by atoms with Crippen LogP contribution in [0.1, 0.15) is 28.4 Å². The van der Waals surface area contributed by atoms with Crippen molar-refractivity contribution in [2.45, 2.75) is 19.9 Å². The maximum absolute atomic E-state index is 12.6. The molecule has 1 aliphatic heterocycles. The predicted molar refractivity (Wildman–Crippen MR) is 106 cm³/mol. The van der Waals surface area contributed by atoms with Crippen LogP contribution in [0.25, 0.3) is 0 Å². The Labute approximate surface area is 169 Å². The molecular formula is C20H26N4O5. The van der Waals surface area contributed by atoms with Crippen LogP contribution in [0, 0.1) is 0 Å². The van der Waals surface area contributed by atoms with Crippen molar-refractivity contribution < 1.29 is 23.8 Å². The molecule has 0 saturated heterocycles. The first-order valence-corrected chi connectivity index (χ1v) is 9.41. The molecule has 1 N–H and O–H groups in total. The fourth-order valence-electron chi connectivity index (χ4n) is 3.40. The molecule has 1 amide bonds. The molecule has 9 heteroatoms. The monoisotopic (exact) mass is 402 g/mol. The molecule has 0 unspecified atom stereocenters. The molecule has 0 radical (unpaired) electrons. The van der Waals surface area contributed by atoms with Gasteiger partial charge in [-0.15, -0.1) is 0 Å². The second kappa shape index (κ2) is 8.95. The minimum absolute atomic E-state index is 0.196. The van der Waals surface area contributed by atoms with Crippen LogP contribution in [0.4, 0.5) is 5.82 Å². The van der Waals surface area contributed by atoms with E-state index in [4.69, 9.17) is 14.2 Å². The Morgan fingerprint density at radius 3 is 2.52 bits per heavy atom. The third-order valence-corrected chi connectivity index (χ3v) is 4.86. The summed E-state index contributed by atoms with van der Waals surface area (Å²) in [7, 11) is 4.88. The van der Waals surface area contributed by atoms with Gasteiger partial charge >= 0.3 is 5.97 Å². The molecule has 0 aliphatic carbocycles. The molecule has 0 fully saturated rings. The van der Waals surface area contributed by atoms with E-state index >= 15 is 0 Å². The number of carbonyl (C=O) groups excluding carboxylic acids is 2. The molecule has 2 heterocycles. The van der Waals surface area contributed by atoms with Gasteiger partial charge in [0.2, 0.25) is 5.91 Å². The number of esters is 1. The van der Waals surface area contributed by atoms with Gasteiger partial charge in [0, 0.05) is 20.1 Å². The molecule has 1 aromatic carbocycles. The first-order valence-electron chi connectivity index (χ1n) is 9.41. The van der Waals surface area contributed by atoms with Crippen LogP contribution < -0.4 is 14.8 Å². The van der Waals surface area contributed by atoms with Gasteiger partial charge in [-0.2, -0.15) is 5.10 Å². The predicted octanol–water partition coefficient (Wildman–Crippen LogP) is 1.61. The minimum Gasteiger partial charge on any atom is -0.493 e. The average molecular weight is 402 g/mol. The number of benzene rings is 1. The number of amides is 1. The smallest absolute Gasteiger partial charge is 0.343 e. The Hall–Kier alpha value is -3.07. The normalized spacial score (nSPS) is 13.5. The number of aromatic nitrogens is 2. The lowest BCUT2D eigenvalue weighted by atomic mass is 9.99. The van der Waals surface area contributed by atoms with E-state index in [0.29, 0.717) is 23.9 Å². The van der Waals surface area contributed by atoms with E-state index in [2.05, 4.69) is 10.4 Å². The zero-order valence-corrected chi connectivity index (χ0v) is 17.2. The first-order chi connectivity index (χ1) is 14.0. The maximum Gasteiger partial charge on any atom is 0.343 e. The SMILES string of the molecule is CCOC(=O)c1cnn(C)c1NC(=O)CN1CCc2cc(OC)c(OC)cc2C1. The van der Waals surface area contributed by atoms with Gasteiger partial charge < -0.3 is 19.5 Å². The summed E-state index contributed by atoms with van der Waals surface area (Å²) in [6.45, 7) is 3.54. The fourth-order valence-corrected chi connectivity index (χ4v) is 3.40. The van der Waals surface area contributed by atoms with Crippen molar-refractivity contribution >= 4 is 17.7 Å². The van der Waals surface area contributed by atoms with Crippen molar-refractivity contribution in [3.8, 4) is 11.5 Å². The summed E-state index contributed by atoms with van der Waals surface area (Å²) in [5, 5.41) is 6.83. The number of fused-ring (bicyclic) bond motifs is 1. The van der Waals surface area contributed by atoms with Gasteiger partial charge in [0.15, 0.2) is 11.5 Å². The van der Waals surface area contributed by atoms with Crippen LogP contribution in [0.3, 0.4) is 0 Å². The summed E-state index contributed by atoms with van der Waals surface area (Å²) in [6.07, 6.45) is 2.20. The molecule has 29 heavy (non-hydrogen) atoms. The van der Waals surface area contributed by atoms with Crippen molar-refractivity contribution in [1.29, 1.82) is 0 Å². The van der Waals surface area contributed by atoms with Gasteiger partial charge in [-0.3, -0.25) is 14.4 Å². The van der Waals surface area contributed by atoms with Crippen LogP contribution in [0.15, 0.2) is 18.3 Å². The summed E-state index contributed by atoms with van der Waals surface area (Å²) in [6, 6.07) is 3.95. The van der Waals surface area contributed by atoms with E-state index in [-0.39, 0.29) is 24.6 Å². The Morgan fingerprint density at radius 1 is 1.17 bits per heavy atom. The minimum atomic E-state index is -0.510. The summed E-state index contributed by atoms with van der Waals surface area (Å²) in [4.78, 5) is 26.7. The lowest BCUT2D eigenvalue weighted by Gasteiger charge is -2.29. The number of anilines is 1. The largest absolute Gasteiger partial charge is 0.493 e. The number of ether oxygens (including phenoxy) is 3. The zero-order valence-electron chi connectivity index (χ0n) is 17.2. The van der Waals surface area contributed by atoms with E-state index in [0.717, 1.165) is 18.5 Å². The van der Waals surface area contributed by atoms with Crippen LogP contribution >= 0.6 is 0 Å². The van der Waals surface area contributed by atoms with Gasteiger partial charge in [0.25, 0.3) is 0 Å². The molecule has 156 valence electrons. The highest BCUT2D eigenvalue weighted by Crippen LogP contribution is 2.33. The summed E-state index contributed by atoms with van der Waals surface area (Å²) in [5.74, 6) is 0.982. The maximum atomic E-state index is 12.6. The number of nitrogens with one attached hydrogen (secondary N) is 1. The zero-order chi connectivity index (χ0) is 21.0. The highest BCUT2D eigenvalue weighted by molar-refractivity contribution is 6.00. The molecular weight excluding hydrogens is 376 g/mol. The average Bonchev–Trinajstić information content (AvgIpc) is 3.07. The van der Waals surface area contributed by atoms with Crippen molar-refractivity contribution in [3.63, 3.8) is 0 Å². The number of hydrogen-bond donors (Lipinski definition) is 1. The van der Waals surface area contributed by atoms with Crippen LogP contribution in [0.5, 0.6) is 11.5 Å². The number of aryl methyl sites for hydroxylation is 1. The van der Waals surface area contributed by atoms with E-state index < -0.39 is 5.97 Å². The number of nitrogens with zero attached hydrogens (tertiary/aromatic N) is 3. The highest BCUT2D eigenvalue weighted by atomic mass is 16.5. The van der Waals surface area contributed by atoms with Gasteiger partial charge in [0.1, 0.15) is 11.4 Å². The number of carbonyl (C=O) groups is 2. The standard InChI is InChI=1S/C20H26N4O5/c1-5-29-20(26)15-10-21-23(2)19(15)22-18(25)12-24-7-6-13-8-16(27-3)17(28-4)9-14(13)11-24/h8-10H,5-7,11-12H2,1-4H3,(H,22,25). The van der Waals surface area contributed by atoms with Gasteiger partial charge in [-0.25, -0.2) is 4.79 Å². The molecule has 0 bridgehead atoms. The molecule has 9 nitrogen and oxygen atoms in total. The molecule has 0 spiro atoms. The second-order valence-corrected chi connectivity index (χ2v) is 6.74. The lowest BCUT2D eigenvalue weighted by Crippen LogP contribution is -2.37. The topological polar surface area (TPSA) is 94.9 Å². The molecule has 0 atom stereocenters. The van der Waals surface area contributed by atoms with E-state index in [9.17, 15) is 9.59 Å².